The number of fused-ring (bicyclic) bond motifs is 3. The summed E-state index contributed by atoms with van der Waals surface area (Å²) >= 11 is 1.25. The van der Waals surface area contributed by atoms with Gasteiger partial charge in [-0.25, -0.2) is 4.98 Å². The zero-order valence-electron chi connectivity index (χ0n) is 17.0. The Morgan fingerprint density at radius 2 is 1.90 bits per heavy atom. The zero-order valence-corrected chi connectivity index (χ0v) is 17.8. The fraction of sp³-hybridized carbons (Fsp3) is 0.238. The molecule has 1 amide bonds. The molecule has 0 unspecified atom stereocenters. The number of carbonyl (C=O) groups is 1. The maximum absolute atomic E-state index is 12.7. The van der Waals surface area contributed by atoms with Crippen LogP contribution >= 0.6 is 11.8 Å². The van der Waals surface area contributed by atoms with Gasteiger partial charge in [0, 0.05) is 29.8 Å². The first-order valence-electron chi connectivity index (χ1n) is 9.85. The zero-order chi connectivity index (χ0) is 22.0. The predicted molar refractivity (Wildman–Crippen MR) is 120 cm³/mol. The molecule has 1 atom stereocenters. The van der Waals surface area contributed by atoms with E-state index in [4.69, 9.17) is 0 Å². The van der Waals surface area contributed by atoms with E-state index in [2.05, 4.69) is 25.1 Å². The van der Waals surface area contributed by atoms with E-state index >= 15 is 0 Å². The number of para-hydroxylation sites is 1. The number of non-ortho nitro benzene ring substituents is 1. The van der Waals surface area contributed by atoms with Crippen LogP contribution in [-0.2, 0) is 11.3 Å². The molecule has 158 valence electrons. The van der Waals surface area contributed by atoms with Gasteiger partial charge >= 0.3 is 0 Å². The molecule has 31 heavy (non-hydrogen) atoms. The van der Waals surface area contributed by atoms with Crippen LogP contribution in [-0.4, -0.2) is 35.8 Å². The van der Waals surface area contributed by atoms with E-state index in [1.807, 2.05) is 38.1 Å². The molecule has 0 radical (unpaired) electrons. The molecular formula is C21H20N6O3S. The van der Waals surface area contributed by atoms with Gasteiger partial charge < -0.3 is 9.88 Å². The number of nitro benzene ring substituents is 1. The lowest BCUT2D eigenvalue weighted by Crippen LogP contribution is -2.24. The second-order valence-corrected chi connectivity index (χ2v) is 8.01. The van der Waals surface area contributed by atoms with Gasteiger partial charge in [-0.05, 0) is 31.5 Å². The summed E-state index contributed by atoms with van der Waals surface area (Å²) in [6, 6.07) is 13.7. The smallest absolute Gasteiger partial charge is 0.269 e. The highest BCUT2D eigenvalue weighted by atomic mass is 32.2. The molecule has 10 heteroatoms. The number of amides is 1. The number of rotatable bonds is 7. The van der Waals surface area contributed by atoms with Crippen molar-refractivity contribution >= 4 is 51.1 Å². The van der Waals surface area contributed by atoms with Crippen LogP contribution in [0.3, 0.4) is 0 Å². The third kappa shape index (κ3) is 4.06. The Bertz CT molecular complexity index is 1270. The number of hydrogen-bond donors (Lipinski definition) is 1. The number of aromatic nitrogens is 4. The molecule has 0 saturated heterocycles. The molecular weight excluding hydrogens is 416 g/mol. The Morgan fingerprint density at radius 3 is 2.58 bits per heavy atom. The number of benzene rings is 2. The van der Waals surface area contributed by atoms with E-state index in [0.717, 1.165) is 28.6 Å². The molecule has 2 aromatic carbocycles. The highest BCUT2D eigenvalue weighted by Crippen LogP contribution is 2.29. The summed E-state index contributed by atoms with van der Waals surface area (Å²) in [7, 11) is 0. The minimum Gasteiger partial charge on any atom is -0.325 e. The molecule has 0 aliphatic heterocycles. The number of nitrogens with one attached hydrogen (secondary N) is 1. The van der Waals surface area contributed by atoms with Gasteiger partial charge in [0.05, 0.1) is 15.7 Å². The number of carbonyl (C=O) groups excluding carboxylic acids is 1. The maximum atomic E-state index is 12.7. The lowest BCUT2D eigenvalue weighted by atomic mass is 10.2. The molecule has 0 bridgehead atoms. The van der Waals surface area contributed by atoms with E-state index < -0.39 is 10.2 Å². The summed E-state index contributed by atoms with van der Waals surface area (Å²) in [6.07, 6.45) is 0.557. The van der Waals surface area contributed by atoms with E-state index in [9.17, 15) is 14.9 Å². The third-order valence-corrected chi connectivity index (χ3v) is 6.14. The molecule has 2 heterocycles. The summed E-state index contributed by atoms with van der Waals surface area (Å²) < 4.78 is 2.08. The summed E-state index contributed by atoms with van der Waals surface area (Å²) in [6.45, 7) is 4.69. The van der Waals surface area contributed by atoms with Gasteiger partial charge in [-0.3, -0.25) is 14.9 Å². The highest BCUT2D eigenvalue weighted by Gasteiger charge is 2.22. The van der Waals surface area contributed by atoms with Crippen molar-refractivity contribution in [2.45, 2.75) is 37.2 Å². The van der Waals surface area contributed by atoms with Crippen molar-refractivity contribution in [2.75, 3.05) is 5.32 Å². The van der Waals surface area contributed by atoms with Gasteiger partial charge in [0.1, 0.15) is 5.52 Å². The summed E-state index contributed by atoms with van der Waals surface area (Å²) in [5, 5.41) is 23.2. The standard InChI is InChI=1S/C21H20N6O3S/c1-3-17(20(28)22-13-9-11-14(12-10-13)27(29)30)31-21-23-19-18(24-25-21)15-7-5-6-8-16(15)26(19)4-2/h5-12,17H,3-4H2,1-2H3,(H,22,28)/t17-/m1/s1. The van der Waals surface area contributed by atoms with Gasteiger partial charge in [0.25, 0.3) is 5.69 Å². The lowest BCUT2D eigenvalue weighted by Gasteiger charge is -2.13. The fourth-order valence-corrected chi connectivity index (χ4v) is 4.21. The summed E-state index contributed by atoms with van der Waals surface area (Å²) in [4.78, 5) is 27.7. The van der Waals surface area contributed by atoms with Gasteiger partial charge in [-0.2, -0.15) is 0 Å². The molecule has 0 saturated carbocycles. The molecule has 2 aromatic heterocycles. The van der Waals surface area contributed by atoms with Crippen LogP contribution in [0, 0.1) is 10.1 Å². The van der Waals surface area contributed by atoms with Crippen molar-refractivity contribution in [3.05, 3.63) is 58.6 Å². The normalized spacial score (nSPS) is 12.2. The molecule has 0 aliphatic rings. The van der Waals surface area contributed by atoms with E-state index in [-0.39, 0.29) is 11.6 Å². The van der Waals surface area contributed by atoms with Crippen LogP contribution in [0.1, 0.15) is 20.3 Å². The monoisotopic (exact) mass is 436 g/mol. The number of nitrogens with zero attached hydrogens (tertiary/aromatic N) is 5. The number of aryl methyl sites for hydroxylation is 1. The Hall–Kier alpha value is -3.53. The molecule has 4 aromatic rings. The molecule has 0 spiro atoms. The SMILES string of the molecule is CC[C@@H](Sc1nnc2c3ccccc3n(CC)c2n1)C(=O)Nc1ccc([N+](=O)[O-])cc1. The Balaban J connectivity index is 1.57. The van der Waals surface area contributed by atoms with Crippen molar-refractivity contribution in [1.82, 2.24) is 19.7 Å². The topological polar surface area (TPSA) is 116 Å². The van der Waals surface area contributed by atoms with Crippen LogP contribution in [0.2, 0.25) is 0 Å². The Morgan fingerprint density at radius 1 is 1.16 bits per heavy atom. The Kier molecular flexibility index (Phi) is 5.81. The van der Waals surface area contributed by atoms with Gasteiger partial charge in [-0.15, -0.1) is 10.2 Å². The van der Waals surface area contributed by atoms with Gasteiger partial charge in [0.2, 0.25) is 11.1 Å². The summed E-state index contributed by atoms with van der Waals surface area (Å²) in [5.41, 5.74) is 3.00. The molecule has 0 aliphatic carbocycles. The minimum absolute atomic E-state index is 0.0292. The maximum Gasteiger partial charge on any atom is 0.269 e. The second kappa shape index (κ2) is 8.68. The minimum atomic E-state index is -0.480. The first-order chi connectivity index (χ1) is 15.0. The van der Waals surface area contributed by atoms with Crippen LogP contribution in [0.4, 0.5) is 11.4 Å². The highest BCUT2D eigenvalue weighted by molar-refractivity contribution is 8.00. The molecule has 4 rings (SSSR count). The van der Waals surface area contributed by atoms with Crippen molar-refractivity contribution in [3.8, 4) is 0 Å². The van der Waals surface area contributed by atoms with Crippen molar-refractivity contribution in [1.29, 1.82) is 0 Å². The van der Waals surface area contributed by atoms with Crippen LogP contribution in [0.15, 0.2) is 53.7 Å². The first-order valence-corrected chi connectivity index (χ1v) is 10.7. The fourth-order valence-electron chi connectivity index (χ4n) is 3.40. The average Bonchev–Trinajstić information content (AvgIpc) is 3.10. The number of nitro groups is 1. The molecule has 9 nitrogen and oxygen atoms in total. The second-order valence-electron chi connectivity index (χ2n) is 6.84. The summed E-state index contributed by atoms with van der Waals surface area (Å²) in [5.74, 6) is -0.221. The first kappa shape index (κ1) is 20.7. The number of hydrogen-bond acceptors (Lipinski definition) is 7. The average molecular weight is 436 g/mol. The van der Waals surface area contributed by atoms with Crippen LogP contribution < -0.4 is 5.32 Å². The number of anilines is 1. The van der Waals surface area contributed by atoms with E-state index in [0.29, 0.717) is 17.3 Å². The van der Waals surface area contributed by atoms with Gasteiger partial charge in [0.15, 0.2) is 5.65 Å². The lowest BCUT2D eigenvalue weighted by molar-refractivity contribution is -0.384. The Labute approximate surface area is 182 Å². The van der Waals surface area contributed by atoms with Crippen molar-refractivity contribution in [2.24, 2.45) is 0 Å². The molecule has 1 N–H and O–H groups in total. The third-order valence-electron chi connectivity index (χ3n) is 4.93. The van der Waals surface area contributed by atoms with Gasteiger partial charge in [-0.1, -0.05) is 36.9 Å². The quantitative estimate of drug-likeness (QED) is 0.259. The van der Waals surface area contributed by atoms with Crippen molar-refractivity contribution in [3.63, 3.8) is 0 Å². The largest absolute Gasteiger partial charge is 0.325 e. The van der Waals surface area contributed by atoms with Crippen molar-refractivity contribution < 1.29 is 9.72 Å². The van der Waals surface area contributed by atoms with Crippen LogP contribution in [0.5, 0.6) is 0 Å². The molecule has 0 fully saturated rings. The van der Waals surface area contributed by atoms with Crippen LogP contribution in [0.25, 0.3) is 22.1 Å². The number of thioether (sulfide) groups is 1. The van der Waals surface area contributed by atoms with E-state index in [1.54, 1.807) is 0 Å². The van der Waals surface area contributed by atoms with E-state index in [1.165, 1.54) is 36.0 Å². The predicted octanol–water partition coefficient (Wildman–Crippen LogP) is 4.42.